The van der Waals surface area contributed by atoms with E-state index in [0.29, 0.717) is 24.7 Å². The number of furan rings is 1. The van der Waals surface area contributed by atoms with Crippen LogP contribution in [0.4, 0.5) is 0 Å². The van der Waals surface area contributed by atoms with Crippen molar-refractivity contribution in [2.45, 2.75) is 0 Å². The van der Waals surface area contributed by atoms with Crippen molar-refractivity contribution in [3.63, 3.8) is 0 Å². The second-order valence-corrected chi connectivity index (χ2v) is 2.24. The highest BCUT2D eigenvalue weighted by Crippen LogP contribution is 1.98. The minimum atomic E-state index is 0.414. The average Bonchev–Trinajstić information content (AvgIpc) is 2.56. The smallest absolute Gasteiger partial charge is 0.168 e. The summed E-state index contributed by atoms with van der Waals surface area (Å²) < 4.78 is 9.85. The summed E-state index contributed by atoms with van der Waals surface area (Å²) >= 11 is 0. The summed E-state index contributed by atoms with van der Waals surface area (Å²) in [4.78, 5) is 4.03. The molecule has 0 bridgehead atoms. The largest absolute Gasteiger partial charge is 0.461 e. The van der Waals surface area contributed by atoms with Crippen molar-refractivity contribution in [2.24, 2.45) is 10.7 Å². The van der Waals surface area contributed by atoms with E-state index in [9.17, 15) is 0 Å². The summed E-state index contributed by atoms with van der Waals surface area (Å²) in [6.45, 7) is 1.13. The molecular formula is C8H12N2O2. The van der Waals surface area contributed by atoms with E-state index in [-0.39, 0.29) is 0 Å². The molecule has 12 heavy (non-hydrogen) atoms. The lowest BCUT2D eigenvalue weighted by molar-refractivity contribution is 0.208. The lowest BCUT2D eigenvalue weighted by Crippen LogP contribution is -2.13. The van der Waals surface area contributed by atoms with Crippen molar-refractivity contribution < 1.29 is 9.15 Å². The van der Waals surface area contributed by atoms with Crippen molar-refractivity contribution in [1.29, 1.82) is 0 Å². The van der Waals surface area contributed by atoms with E-state index in [2.05, 4.69) is 4.99 Å². The zero-order valence-corrected chi connectivity index (χ0v) is 6.99. The number of hydrogen-bond acceptors (Lipinski definition) is 3. The molecule has 0 aliphatic carbocycles. The summed E-state index contributed by atoms with van der Waals surface area (Å²) in [5, 5.41) is 0. The fourth-order valence-corrected chi connectivity index (χ4v) is 0.760. The molecule has 1 aromatic rings. The Kier molecular flexibility index (Phi) is 3.35. The lowest BCUT2D eigenvalue weighted by Gasteiger charge is -1.95. The zero-order chi connectivity index (χ0) is 8.81. The molecule has 4 heteroatoms. The van der Waals surface area contributed by atoms with E-state index in [1.54, 1.807) is 25.5 Å². The second kappa shape index (κ2) is 4.56. The molecular weight excluding hydrogens is 156 g/mol. The minimum absolute atomic E-state index is 0.414. The number of hydrogen-bond donors (Lipinski definition) is 1. The summed E-state index contributed by atoms with van der Waals surface area (Å²) in [6, 6.07) is 3.54. The van der Waals surface area contributed by atoms with Crippen molar-refractivity contribution in [3.05, 3.63) is 24.2 Å². The molecule has 0 aromatic carbocycles. The van der Waals surface area contributed by atoms with E-state index >= 15 is 0 Å². The maximum absolute atomic E-state index is 5.58. The van der Waals surface area contributed by atoms with E-state index in [1.807, 2.05) is 0 Å². The molecule has 0 radical (unpaired) electrons. The topological polar surface area (TPSA) is 60.8 Å². The van der Waals surface area contributed by atoms with Crippen LogP contribution in [0.2, 0.25) is 0 Å². The summed E-state index contributed by atoms with van der Waals surface area (Å²) in [6.07, 6.45) is 1.56. The Hall–Kier alpha value is -1.29. The van der Waals surface area contributed by atoms with Crippen LogP contribution in [0.15, 0.2) is 27.8 Å². The molecule has 0 atom stereocenters. The highest BCUT2D eigenvalue weighted by atomic mass is 16.5. The molecule has 0 amide bonds. The predicted octanol–water partition coefficient (Wildman–Crippen LogP) is 0.631. The van der Waals surface area contributed by atoms with Crippen molar-refractivity contribution in [3.8, 4) is 0 Å². The SMILES string of the molecule is COCCN=C(N)c1ccco1. The first-order chi connectivity index (χ1) is 5.84. The van der Waals surface area contributed by atoms with E-state index in [0.717, 1.165) is 0 Å². The van der Waals surface area contributed by atoms with Gasteiger partial charge in [-0.15, -0.1) is 0 Å². The molecule has 0 saturated carbocycles. The van der Waals surface area contributed by atoms with Gasteiger partial charge in [-0.25, -0.2) is 0 Å². The third-order valence-corrected chi connectivity index (χ3v) is 1.35. The van der Waals surface area contributed by atoms with Crippen LogP contribution in [0.5, 0.6) is 0 Å². The second-order valence-electron chi connectivity index (χ2n) is 2.24. The number of ether oxygens (including phenoxy) is 1. The van der Waals surface area contributed by atoms with Gasteiger partial charge in [0, 0.05) is 7.11 Å². The zero-order valence-electron chi connectivity index (χ0n) is 6.99. The number of aliphatic imine (C=N–C) groups is 1. The fraction of sp³-hybridized carbons (Fsp3) is 0.375. The average molecular weight is 168 g/mol. The van der Waals surface area contributed by atoms with E-state index in [1.165, 1.54) is 0 Å². The summed E-state index contributed by atoms with van der Waals surface area (Å²) in [7, 11) is 1.62. The number of nitrogens with two attached hydrogens (primary N) is 1. The Labute approximate surface area is 71.0 Å². The first-order valence-electron chi connectivity index (χ1n) is 3.67. The molecule has 1 aromatic heterocycles. The summed E-state index contributed by atoms with van der Waals surface area (Å²) in [5.74, 6) is 1.02. The number of rotatable bonds is 4. The first kappa shape index (κ1) is 8.80. The van der Waals surface area contributed by atoms with Crippen molar-refractivity contribution in [1.82, 2.24) is 0 Å². The summed E-state index contributed by atoms with van der Waals surface area (Å²) in [5.41, 5.74) is 5.58. The third-order valence-electron chi connectivity index (χ3n) is 1.35. The highest BCUT2D eigenvalue weighted by Gasteiger charge is 1.98. The molecule has 0 aliphatic heterocycles. The van der Waals surface area contributed by atoms with Gasteiger partial charge in [0.05, 0.1) is 19.4 Å². The van der Waals surface area contributed by atoms with E-state index in [4.69, 9.17) is 14.9 Å². The maximum Gasteiger partial charge on any atom is 0.168 e. The van der Waals surface area contributed by atoms with Gasteiger partial charge in [0.1, 0.15) is 0 Å². The predicted molar refractivity (Wildman–Crippen MR) is 46.2 cm³/mol. The molecule has 0 saturated heterocycles. The molecule has 0 aliphatic rings. The van der Waals surface area contributed by atoms with Gasteiger partial charge in [0.25, 0.3) is 0 Å². The molecule has 0 spiro atoms. The monoisotopic (exact) mass is 168 g/mol. The van der Waals surface area contributed by atoms with Crippen LogP contribution < -0.4 is 5.73 Å². The van der Waals surface area contributed by atoms with Crippen molar-refractivity contribution >= 4 is 5.84 Å². The van der Waals surface area contributed by atoms with Gasteiger partial charge in [0.15, 0.2) is 11.6 Å². The minimum Gasteiger partial charge on any atom is -0.461 e. The number of amidine groups is 1. The van der Waals surface area contributed by atoms with Crippen LogP contribution in [0.3, 0.4) is 0 Å². The quantitative estimate of drug-likeness (QED) is 0.407. The molecule has 1 rings (SSSR count). The van der Waals surface area contributed by atoms with Gasteiger partial charge in [-0.1, -0.05) is 0 Å². The van der Waals surface area contributed by atoms with Crippen LogP contribution >= 0.6 is 0 Å². The van der Waals surface area contributed by atoms with Gasteiger partial charge in [-0.3, -0.25) is 4.99 Å². The fourth-order valence-electron chi connectivity index (χ4n) is 0.760. The Balaban J connectivity index is 2.47. The Morgan fingerprint density at radius 2 is 2.58 bits per heavy atom. The Morgan fingerprint density at radius 3 is 3.17 bits per heavy atom. The third kappa shape index (κ3) is 2.39. The highest BCUT2D eigenvalue weighted by molar-refractivity contribution is 5.94. The number of methoxy groups -OCH3 is 1. The van der Waals surface area contributed by atoms with Gasteiger partial charge < -0.3 is 14.9 Å². The van der Waals surface area contributed by atoms with E-state index < -0.39 is 0 Å². The standard InChI is InChI=1S/C8H12N2O2/c1-11-6-4-10-8(9)7-3-2-5-12-7/h2-3,5H,4,6H2,1H3,(H2,9,10). The van der Waals surface area contributed by atoms with Crippen LogP contribution in [-0.4, -0.2) is 26.1 Å². The molecule has 1 heterocycles. The Morgan fingerprint density at radius 1 is 1.75 bits per heavy atom. The molecule has 2 N–H and O–H groups in total. The molecule has 0 unspecified atom stereocenters. The van der Waals surface area contributed by atoms with Crippen molar-refractivity contribution in [2.75, 3.05) is 20.3 Å². The normalized spacial score (nSPS) is 11.9. The van der Waals surface area contributed by atoms with Crippen LogP contribution in [0.25, 0.3) is 0 Å². The molecule has 4 nitrogen and oxygen atoms in total. The van der Waals surface area contributed by atoms with Crippen LogP contribution in [-0.2, 0) is 4.74 Å². The Bertz CT molecular complexity index is 242. The first-order valence-corrected chi connectivity index (χ1v) is 3.67. The maximum atomic E-state index is 5.58. The molecule has 0 fully saturated rings. The molecule has 66 valence electrons. The lowest BCUT2D eigenvalue weighted by atomic mass is 10.4. The van der Waals surface area contributed by atoms with Gasteiger partial charge in [-0.05, 0) is 12.1 Å². The van der Waals surface area contributed by atoms with Crippen LogP contribution in [0, 0.1) is 0 Å². The number of nitrogens with zero attached hydrogens (tertiary/aromatic N) is 1. The van der Waals surface area contributed by atoms with Gasteiger partial charge >= 0.3 is 0 Å². The van der Waals surface area contributed by atoms with Gasteiger partial charge in [-0.2, -0.15) is 0 Å². The van der Waals surface area contributed by atoms with Crippen LogP contribution in [0.1, 0.15) is 5.76 Å². The van der Waals surface area contributed by atoms with Gasteiger partial charge in [0.2, 0.25) is 0 Å².